The minimum absolute atomic E-state index is 0.0274. The molecule has 3 rings (SSSR count). The lowest BCUT2D eigenvalue weighted by molar-refractivity contribution is 0.578. The lowest BCUT2D eigenvalue weighted by atomic mass is 9.87. The third kappa shape index (κ3) is 3.97. The molecule has 138 valence electrons. The fourth-order valence-electron chi connectivity index (χ4n) is 2.89. The Kier molecular flexibility index (Phi) is 4.90. The molecule has 3 aromatic rings. The number of hydrogen-bond donors (Lipinski definition) is 2. The lowest BCUT2D eigenvalue weighted by Crippen LogP contribution is -2.26. The molecule has 0 spiro atoms. The van der Waals surface area contributed by atoms with Gasteiger partial charge in [0.25, 0.3) is 0 Å². The molecule has 4 nitrogen and oxygen atoms in total. The van der Waals surface area contributed by atoms with Crippen molar-refractivity contribution in [1.82, 2.24) is 9.71 Å². The van der Waals surface area contributed by atoms with Gasteiger partial charge in [-0.05, 0) is 53.3 Å². The summed E-state index contributed by atoms with van der Waals surface area (Å²) in [6, 6.07) is 11.5. The molecule has 0 amide bonds. The number of H-pyrrole nitrogens is 1. The number of fused-ring (bicyclic) bond motifs is 1. The summed E-state index contributed by atoms with van der Waals surface area (Å²) in [5.41, 5.74) is 2.77. The maximum Gasteiger partial charge on any atom is 0.240 e. The van der Waals surface area contributed by atoms with Gasteiger partial charge in [-0.15, -0.1) is 0 Å². The zero-order valence-electron chi connectivity index (χ0n) is 15.1. The van der Waals surface area contributed by atoms with Crippen molar-refractivity contribution in [1.29, 1.82) is 0 Å². The van der Waals surface area contributed by atoms with Crippen LogP contribution in [0.1, 0.15) is 31.9 Å². The van der Waals surface area contributed by atoms with E-state index in [1.165, 1.54) is 12.1 Å². The van der Waals surface area contributed by atoms with Crippen molar-refractivity contribution in [2.75, 3.05) is 6.54 Å². The maximum absolute atomic E-state index is 13.4. The van der Waals surface area contributed by atoms with Gasteiger partial charge < -0.3 is 4.98 Å². The number of aromatic amines is 1. The molecule has 26 heavy (non-hydrogen) atoms. The number of halogens is 1. The first-order chi connectivity index (χ1) is 12.2. The molecule has 0 radical (unpaired) electrons. The molecule has 0 saturated heterocycles. The van der Waals surface area contributed by atoms with Gasteiger partial charge in [0.15, 0.2) is 0 Å². The maximum atomic E-state index is 13.4. The first kappa shape index (κ1) is 18.6. The Morgan fingerprint density at radius 3 is 2.42 bits per heavy atom. The highest BCUT2D eigenvalue weighted by Gasteiger charge is 2.17. The van der Waals surface area contributed by atoms with Crippen LogP contribution < -0.4 is 4.72 Å². The minimum atomic E-state index is -3.57. The molecule has 1 aromatic heterocycles. The summed E-state index contributed by atoms with van der Waals surface area (Å²) in [6.07, 6.45) is 2.26. The number of nitrogens with one attached hydrogen (secondary N) is 2. The summed E-state index contributed by atoms with van der Waals surface area (Å²) in [6.45, 7) is 6.49. The van der Waals surface area contributed by atoms with Crippen molar-refractivity contribution >= 4 is 20.9 Å². The Balaban J connectivity index is 1.69. The third-order valence-electron chi connectivity index (χ3n) is 4.45. The van der Waals surface area contributed by atoms with Gasteiger partial charge in [0.1, 0.15) is 5.82 Å². The summed E-state index contributed by atoms with van der Waals surface area (Å²) >= 11 is 0. The van der Waals surface area contributed by atoms with Gasteiger partial charge in [0.2, 0.25) is 10.0 Å². The van der Waals surface area contributed by atoms with Crippen molar-refractivity contribution in [2.24, 2.45) is 0 Å². The van der Waals surface area contributed by atoms with E-state index in [2.05, 4.69) is 30.5 Å². The molecular weight excluding hydrogens is 351 g/mol. The largest absolute Gasteiger partial charge is 0.361 e. The van der Waals surface area contributed by atoms with E-state index in [1.807, 2.05) is 12.1 Å². The lowest BCUT2D eigenvalue weighted by Gasteiger charge is -2.19. The molecule has 0 saturated carbocycles. The van der Waals surface area contributed by atoms with E-state index in [4.69, 9.17) is 0 Å². The minimum Gasteiger partial charge on any atom is -0.361 e. The van der Waals surface area contributed by atoms with E-state index < -0.39 is 10.0 Å². The molecule has 6 heteroatoms. The summed E-state index contributed by atoms with van der Waals surface area (Å²) in [7, 11) is -3.57. The Morgan fingerprint density at radius 2 is 1.77 bits per heavy atom. The molecule has 0 aliphatic carbocycles. The van der Waals surface area contributed by atoms with Crippen molar-refractivity contribution in [3.8, 4) is 0 Å². The highest BCUT2D eigenvalue weighted by atomic mass is 32.2. The molecular formula is C20H23FN2O2S. The normalized spacial score (nSPS) is 12.6. The molecule has 0 fully saturated rings. The van der Waals surface area contributed by atoms with Crippen LogP contribution in [-0.4, -0.2) is 19.9 Å². The Bertz CT molecular complexity index is 1020. The predicted octanol–water partition coefficient (Wildman–Crippen LogP) is 4.13. The van der Waals surface area contributed by atoms with Gasteiger partial charge in [-0.3, -0.25) is 0 Å². The summed E-state index contributed by atoms with van der Waals surface area (Å²) in [5.74, 6) is -0.308. The second kappa shape index (κ2) is 6.85. The topological polar surface area (TPSA) is 62.0 Å². The van der Waals surface area contributed by atoms with E-state index in [-0.39, 0.29) is 22.7 Å². The van der Waals surface area contributed by atoms with Crippen LogP contribution in [0.5, 0.6) is 0 Å². The van der Waals surface area contributed by atoms with E-state index in [0.717, 1.165) is 22.0 Å². The third-order valence-corrected chi connectivity index (χ3v) is 5.92. The van der Waals surface area contributed by atoms with Crippen LogP contribution >= 0.6 is 0 Å². The van der Waals surface area contributed by atoms with Crippen LogP contribution in [0.3, 0.4) is 0 Å². The zero-order valence-corrected chi connectivity index (χ0v) is 16.0. The number of aromatic nitrogens is 1. The molecule has 0 atom stereocenters. The summed E-state index contributed by atoms with van der Waals surface area (Å²) < 4.78 is 41.0. The van der Waals surface area contributed by atoms with Gasteiger partial charge in [-0.25, -0.2) is 17.5 Å². The molecule has 2 N–H and O–H groups in total. The number of rotatable bonds is 5. The fraction of sp³-hybridized carbons (Fsp3) is 0.300. The molecule has 0 unspecified atom stereocenters. The molecule has 2 aromatic carbocycles. The molecule has 0 bridgehead atoms. The first-order valence-corrected chi connectivity index (χ1v) is 10.0. The highest BCUT2D eigenvalue weighted by Crippen LogP contribution is 2.23. The van der Waals surface area contributed by atoms with Gasteiger partial charge in [0, 0.05) is 23.6 Å². The van der Waals surface area contributed by atoms with Crippen molar-refractivity contribution in [3.63, 3.8) is 0 Å². The summed E-state index contributed by atoms with van der Waals surface area (Å²) in [5, 5.41) is 0.777. The fourth-order valence-corrected chi connectivity index (χ4v) is 3.93. The standard InChI is InChI=1S/C20H23FN2O2S/c1-20(2,3)15-4-7-17(8-5-15)26(24,25)23-11-10-14-13-22-19-9-6-16(21)12-18(14)19/h4-9,12-13,22-23H,10-11H2,1-3H3. The Hall–Kier alpha value is -2.18. The van der Waals surface area contributed by atoms with E-state index in [9.17, 15) is 12.8 Å². The first-order valence-electron chi connectivity index (χ1n) is 8.52. The highest BCUT2D eigenvalue weighted by molar-refractivity contribution is 7.89. The van der Waals surface area contributed by atoms with Gasteiger partial charge in [-0.1, -0.05) is 32.9 Å². The van der Waals surface area contributed by atoms with Crippen molar-refractivity contribution in [2.45, 2.75) is 37.5 Å². The number of hydrogen-bond acceptors (Lipinski definition) is 2. The average molecular weight is 374 g/mol. The van der Waals surface area contributed by atoms with E-state index in [1.54, 1.807) is 24.4 Å². The molecule has 0 aliphatic heterocycles. The number of benzene rings is 2. The molecule has 0 aliphatic rings. The van der Waals surface area contributed by atoms with Crippen LogP contribution in [0, 0.1) is 5.82 Å². The van der Waals surface area contributed by atoms with Gasteiger partial charge >= 0.3 is 0 Å². The van der Waals surface area contributed by atoms with Crippen LogP contribution in [0.25, 0.3) is 10.9 Å². The average Bonchev–Trinajstić information content (AvgIpc) is 2.96. The van der Waals surface area contributed by atoms with Gasteiger partial charge in [0.05, 0.1) is 4.90 Å². The smallest absolute Gasteiger partial charge is 0.240 e. The van der Waals surface area contributed by atoms with E-state index in [0.29, 0.717) is 6.42 Å². The second-order valence-electron chi connectivity index (χ2n) is 7.43. The number of sulfonamides is 1. The Morgan fingerprint density at radius 1 is 1.08 bits per heavy atom. The predicted molar refractivity (Wildman–Crippen MR) is 102 cm³/mol. The van der Waals surface area contributed by atoms with Crippen LogP contribution in [0.15, 0.2) is 53.6 Å². The SMILES string of the molecule is CC(C)(C)c1ccc(S(=O)(=O)NCCc2c[nH]c3ccc(F)cc23)cc1. The van der Waals surface area contributed by atoms with Crippen LogP contribution in [0.2, 0.25) is 0 Å². The zero-order chi connectivity index (χ0) is 18.9. The van der Waals surface area contributed by atoms with Crippen molar-refractivity contribution in [3.05, 3.63) is 65.6 Å². The van der Waals surface area contributed by atoms with Crippen LogP contribution in [-0.2, 0) is 21.9 Å². The van der Waals surface area contributed by atoms with Crippen LogP contribution in [0.4, 0.5) is 4.39 Å². The van der Waals surface area contributed by atoms with Crippen molar-refractivity contribution < 1.29 is 12.8 Å². The monoisotopic (exact) mass is 374 g/mol. The Labute approximate surface area is 153 Å². The summed E-state index contributed by atoms with van der Waals surface area (Å²) in [4.78, 5) is 3.32. The molecule has 1 heterocycles. The quantitative estimate of drug-likeness (QED) is 0.705. The second-order valence-corrected chi connectivity index (χ2v) is 9.19. The van der Waals surface area contributed by atoms with E-state index >= 15 is 0 Å². The van der Waals surface area contributed by atoms with Gasteiger partial charge in [-0.2, -0.15) is 0 Å².